The van der Waals surface area contributed by atoms with Gasteiger partial charge in [-0.15, -0.1) is 10.2 Å². The second-order valence-corrected chi connectivity index (χ2v) is 6.23. The number of nitrogens with zero attached hydrogens (tertiary/aromatic N) is 4. The van der Waals surface area contributed by atoms with Crippen LogP contribution in [0.3, 0.4) is 0 Å². The van der Waals surface area contributed by atoms with Gasteiger partial charge in [0.25, 0.3) is 0 Å². The van der Waals surface area contributed by atoms with Gasteiger partial charge in [0, 0.05) is 23.3 Å². The summed E-state index contributed by atoms with van der Waals surface area (Å²) >= 11 is 1.29. The third-order valence-electron chi connectivity index (χ3n) is 3.72. The number of hydrogen-bond donors (Lipinski definition) is 1. The summed E-state index contributed by atoms with van der Waals surface area (Å²) in [5.41, 5.74) is 5.03. The van der Waals surface area contributed by atoms with Crippen molar-refractivity contribution in [2.45, 2.75) is 6.42 Å². The Labute approximate surface area is 147 Å². The summed E-state index contributed by atoms with van der Waals surface area (Å²) in [4.78, 5) is 21.2. The predicted octanol–water partition coefficient (Wildman–Crippen LogP) is 3.33. The van der Waals surface area contributed by atoms with Gasteiger partial charge in [-0.2, -0.15) is 0 Å². The molecule has 1 amide bonds. The van der Waals surface area contributed by atoms with Crippen molar-refractivity contribution in [2.24, 2.45) is 0 Å². The molecule has 7 heteroatoms. The Hall–Kier alpha value is -3.19. The molecular formula is C18H13N5OS. The van der Waals surface area contributed by atoms with Crippen molar-refractivity contribution in [2.75, 3.05) is 5.32 Å². The molecule has 6 nitrogen and oxygen atoms in total. The second-order valence-electron chi connectivity index (χ2n) is 5.40. The summed E-state index contributed by atoms with van der Waals surface area (Å²) in [6.45, 7) is 0. The fourth-order valence-corrected chi connectivity index (χ4v) is 3.05. The van der Waals surface area contributed by atoms with E-state index in [1.807, 2.05) is 42.5 Å². The number of amides is 1. The summed E-state index contributed by atoms with van der Waals surface area (Å²) in [7, 11) is 0. The summed E-state index contributed by atoms with van der Waals surface area (Å²) in [5.74, 6) is -0.141. The lowest BCUT2D eigenvalue weighted by Gasteiger charge is -2.08. The molecule has 3 aromatic heterocycles. The van der Waals surface area contributed by atoms with Crippen LogP contribution in [0.2, 0.25) is 0 Å². The molecule has 0 saturated heterocycles. The third-order valence-corrected chi connectivity index (χ3v) is 4.33. The van der Waals surface area contributed by atoms with Gasteiger partial charge in [-0.25, -0.2) is 4.98 Å². The summed E-state index contributed by atoms with van der Waals surface area (Å²) in [6.07, 6.45) is 3.73. The van der Waals surface area contributed by atoms with Crippen LogP contribution >= 0.6 is 11.3 Å². The fourth-order valence-electron chi connectivity index (χ4n) is 2.59. The highest BCUT2D eigenvalue weighted by molar-refractivity contribution is 7.13. The molecule has 0 radical (unpaired) electrons. The summed E-state index contributed by atoms with van der Waals surface area (Å²) < 4.78 is 0. The average Bonchev–Trinajstić information content (AvgIpc) is 3.15. The quantitative estimate of drug-likeness (QED) is 0.612. The molecule has 4 rings (SSSR count). The van der Waals surface area contributed by atoms with Crippen LogP contribution in [0.5, 0.6) is 0 Å². The lowest BCUT2D eigenvalue weighted by atomic mass is 10.0. The van der Waals surface area contributed by atoms with Crippen molar-refractivity contribution in [3.8, 4) is 11.3 Å². The van der Waals surface area contributed by atoms with Gasteiger partial charge < -0.3 is 5.32 Å². The number of nitrogens with one attached hydrogen (secondary N) is 1. The molecule has 25 heavy (non-hydrogen) atoms. The molecule has 4 aromatic rings. The molecule has 1 aromatic carbocycles. The van der Waals surface area contributed by atoms with E-state index in [0.29, 0.717) is 5.13 Å². The first kappa shape index (κ1) is 15.3. The van der Waals surface area contributed by atoms with Crippen molar-refractivity contribution in [3.63, 3.8) is 0 Å². The number of pyridine rings is 2. The molecule has 0 aliphatic heterocycles. The van der Waals surface area contributed by atoms with Gasteiger partial charge in [0.1, 0.15) is 5.51 Å². The van der Waals surface area contributed by atoms with Gasteiger partial charge in [-0.05, 0) is 23.8 Å². The van der Waals surface area contributed by atoms with E-state index in [2.05, 4.69) is 20.5 Å². The first-order valence-corrected chi connectivity index (χ1v) is 8.52. The molecule has 1 N–H and O–H groups in total. The number of anilines is 1. The number of hydrogen-bond acceptors (Lipinski definition) is 6. The van der Waals surface area contributed by atoms with Gasteiger partial charge in [0.2, 0.25) is 11.0 Å². The van der Waals surface area contributed by atoms with Gasteiger partial charge in [0.15, 0.2) is 0 Å². The average molecular weight is 347 g/mol. The zero-order valence-electron chi connectivity index (χ0n) is 13.1. The van der Waals surface area contributed by atoms with Gasteiger partial charge in [-0.1, -0.05) is 35.6 Å². The van der Waals surface area contributed by atoms with E-state index in [0.717, 1.165) is 27.7 Å². The molecule has 3 heterocycles. The van der Waals surface area contributed by atoms with Gasteiger partial charge in [-0.3, -0.25) is 9.78 Å². The maximum atomic E-state index is 12.3. The Morgan fingerprint density at radius 3 is 2.88 bits per heavy atom. The highest BCUT2D eigenvalue weighted by atomic mass is 32.1. The maximum Gasteiger partial charge on any atom is 0.230 e. The van der Waals surface area contributed by atoms with E-state index in [4.69, 9.17) is 4.98 Å². The van der Waals surface area contributed by atoms with Crippen molar-refractivity contribution >= 4 is 33.3 Å². The molecule has 0 aliphatic rings. The minimum absolute atomic E-state index is 0.141. The Balaban J connectivity index is 1.67. The van der Waals surface area contributed by atoms with Gasteiger partial charge in [0.05, 0.1) is 17.6 Å². The van der Waals surface area contributed by atoms with Gasteiger partial charge >= 0.3 is 0 Å². The topological polar surface area (TPSA) is 80.7 Å². The number of carbonyl (C=O) groups is 1. The lowest BCUT2D eigenvalue weighted by Crippen LogP contribution is -2.14. The van der Waals surface area contributed by atoms with E-state index in [-0.39, 0.29) is 12.3 Å². The van der Waals surface area contributed by atoms with Crippen LogP contribution in [0.1, 0.15) is 5.56 Å². The zero-order chi connectivity index (χ0) is 17.1. The molecule has 0 spiro atoms. The van der Waals surface area contributed by atoms with E-state index >= 15 is 0 Å². The Morgan fingerprint density at radius 2 is 2.08 bits per heavy atom. The molecule has 0 bridgehead atoms. The van der Waals surface area contributed by atoms with Crippen LogP contribution in [0.15, 0.2) is 60.4 Å². The Bertz CT molecular complexity index is 1020. The SMILES string of the molecule is O=C(Cc1cccc2ccc(-c3cccnc3)nc12)Nc1nncs1. The molecule has 0 fully saturated rings. The van der Waals surface area contributed by atoms with E-state index in [9.17, 15) is 4.79 Å². The number of fused-ring (bicyclic) bond motifs is 1. The Kier molecular flexibility index (Phi) is 4.14. The predicted molar refractivity (Wildman–Crippen MR) is 97.2 cm³/mol. The minimum Gasteiger partial charge on any atom is -0.300 e. The number of rotatable bonds is 4. The van der Waals surface area contributed by atoms with E-state index in [1.165, 1.54) is 11.3 Å². The molecular weight excluding hydrogens is 334 g/mol. The molecule has 0 aliphatic carbocycles. The normalized spacial score (nSPS) is 10.7. The number of carbonyl (C=O) groups excluding carboxylic acids is 1. The zero-order valence-corrected chi connectivity index (χ0v) is 13.9. The molecule has 0 unspecified atom stereocenters. The summed E-state index contributed by atoms with van der Waals surface area (Å²) in [6, 6.07) is 13.7. The summed E-state index contributed by atoms with van der Waals surface area (Å²) in [5, 5.41) is 11.8. The smallest absolute Gasteiger partial charge is 0.230 e. The number of para-hydroxylation sites is 1. The molecule has 122 valence electrons. The highest BCUT2D eigenvalue weighted by Gasteiger charge is 2.11. The lowest BCUT2D eigenvalue weighted by molar-refractivity contribution is -0.115. The molecule has 0 atom stereocenters. The monoisotopic (exact) mass is 347 g/mol. The van der Waals surface area contributed by atoms with Crippen LogP contribution < -0.4 is 5.32 Å². The van der Waals surface area contributed by atoms with Crippen LogP contribution in [0.4, 0.5) is 5.13 Å². The van der Waals surface area contributed by atoms with Crippen LogP contribution in [0, 0.1) is 0 Å². The number of aromatic nitrogens is 4. The van der Waals surface area contributed by atoms with Crippen molar-refractivity contribution in [3.05, 3.63) is 65.9 Å². The van der Waals surface area contributed by atoms with Crippen molar-refractivity contribution in [1.82, 2.24) is 20.2 Å². The first-order chi connectivity index (χ1) is 12.3. The van der Waals surface area contributed by atoms with Crippen LogP contribution in [-0.2, 0) is 11.2 Å². The second kappa shape index (κ2) is 6.74. The largest absolute Gasteiger partial charge is 0.300 e. The van der Waals surface area contributed by atoms with E-state index < -0.39 is 0 Å². The fraction of sp³-hybridized carbons (Fsp3) is 0.0556. The maximum absolute atomic E-state index is 12.3. The third kappa shape index (κ3) is 3.36. The number of benzene rings is 1. The van der Waals surface area contributed by atoms with Crippen LogP contribution in [-0.4, -0.2) is 26.1 Å². The highest BCUT2D eigenvalue weighted by Crippen LogP contribution is 2.23. The standard InChI is InChI=1S/C18H13N5OS/c24-16(22-18-23-20-11-25-18)9-13-4-1-3-12-6-7-15(21-17(12)13)14-5-2-8-19-10-14/h1-8,10-11H,9H2,(H,22,23,24). The van der Waals surface area contributed by atoms with Crippen LogP contribution in [0.25, 0.3) is 22.2 Å². The first-order valence-electron chi connectivity index (χ1n) is 7.65. The Morgan fingerprint density at radius 1 is 1.12 bits per heavy atom. The van der Waals surface area contributed by atoms with E-state index in [1.54, 1.807) is 17.9 Å². The van der Waals surface area contributed by atoms with Crippen molar-refractivity contribution in [1.29, 1.82) is 0 Å². The van der Waals surface area contributed by atoms with Crippen molar-refractivity contribution < 1.29 is 4.79 Å². The minimum atomic E-state index is -0.141. The molecule has 0 saturated carbocycles.